The number of carbonyl (C=O) groups excluding carboxylic acids is 1. The van der Waals surface area contributed by atoms with Crippen LogP contribution in [0.4, 0.5) is 0 Å². The molecule has 1 aliphatic rings. The number of hydrogen-bond donors (Lipinski definition) is 0. The SMILES string of the molecule is CC(=O)O[C@@H]1CCc2ccccc2C1. The number of ether oxygens (including phenoxy) is 1. The Balaban J connectivity index is 2.09. The van der Waals surface area contributed by atoms with E-state index in [1.165, 1.54) is 18.1 Å². The molecule has 0 bridgehead atoms. The van der Waals surface area contributed by atoms with Gasteiger partial charge < -0.3 is 4.74 Å². The lowest BCUT2D eigenvalue weighted by molar-refractivity contribution is -0.146. The summed E-state index contributed by atoms with van der Waals surface area (Å²) in [6, 6.07) is 8.37. The van der Waals surface area contributed by atoms with Crippen molar-refractivity contribution in [2.45, 2.75) is 32.3 Å². The zero-order valence-electron chi connectivity index (χ0n) is 8.32. The molecule has 0 aliphatic heterocycles. The molecule has 1 aromatic carbocycles. The van der Waals surface area contributed by atoms with Gasteiger partial charge in [-0.25, -0.2) is 0 Å². The molecule has 0 saturated carbocycles. The summed E-state index contributed by atoms with van der Waals surface area (Å²) >= 11 is 0. The lowest BCUT2D eigenvalue weighted by Gasteiger charge is -2.23. The first-order valence-corrected chi connectivity index (χ1v) is 4.99. The standard InChI is InChI=1S/C12H14O2/c1-9(13)14-12-7-6-10-4-2-3-5-11(10)8-12/h2-5,12H,6-8H2,1H3/t12-/m1/s1. The van der Waals surface area contributed by atoms with Gasteiger partial charge in [0.15, 0.2) is 0 Å². The highest BCUT2D eigenvalue weighted by Crippen LogP contribution is 2.22. The van der Waals surface area contributed by atoms with E-state index >= 15 is 0 Å². The minimum Gasteiger partial charge on any atom is -0.462 e. The molecular formula is C12H14O2. The van der Waals surface area contributed by atoms with Crippen LogP contribution in [0, 0.1) is 0 Å². The maximum Gasteiger partial charge on any atom is 0.302 e. The van der Waals surface area contributed by atoms with Gasteiger partial charge in [-0.3, -0.25) is 4.79 Å². The Morgan fingerprint density at radius 3 is 2.79 bits per heavy atom. The summed E-state index contributed by atoms with van der Waals surface area (Å²) in [6.45, 7) is 1.47. The van der Waals surface area contributed by atoms with Gasteiger partial charge in [-0.05, 0) is 24.0 Å². The lowest BCUT2D eigenvalue weighted by Crippen LogP contribution is -2.24. The molecule has 0 heterocycles. The molecule has 0 spiro atoms. The molecule has 0 radical (unpaired) electrons. The van der Waals surface area contributed by atoms with Crippen LogP contribution in [0.5, 0.6) is 0 Å². The van der Waals surface area contributed by atoms with Gasteiger partial charge in [0.25, 0.3) is 0 Å². The van der Waals surface area contributed by atoms with Crippen LogP contribution >= 0.6 is 0 Å². The second kappa shape index (κ2) is 3.82. The molecule has 1 aliphatic carbocycles. The maximum atomic E-state index is 10.8. The smallest absolute Gasteiger partial charge is 0.302 e. The van der Waals surface area contributed by atoms with E-state index in [2.05, 4.69) is 18.2 Å². The number of aryl methyl sites for hydroxylation is 1. The van der Waals surface area contributed by atoms with Crippen molar-refractivity contribution in [3.05, 3.63) is 35.4 Å². The first-order chi connectivity index (χ1) is 6.75. The monoisotopic (exact) mass is 190 g/mol. The molecule has 0 fully saturated rings. The largest absolute Gasteiger partial charge is 0.462 e. The van der Waals surface area contributed by atoms with Gasteiger partial charge >= 0.3 is 5.97 Å². The number of esters is 1. The summed E-state index contributed by atoms with van der Waals surface area (Å²) in [5, 5.41) is 0. The second-order valence-corrected chi connectivity index (χ2v) is 3.74. The molecule has 0 N–H and O–H groups in total. The van der Waals surface area contributed by atoms with E-state index in [0.29, 0.717) is 0 Å². The molecule has 0 amide bonds. The molecule has 14 heavy (non-hydrogen) atoms. The van der Waals surface area contributed by atoms with Gasteiger partial charge in [0.1, 0.15) is 6.10 Å². The van der Waals surface area contributed by atoms with E-state index in [9.17, 15) is 4.79 Å². The fourth-order valence-corrected chi connectivity index (χ4v) is 2.00. The van der Waals surface area contributed by atoms with Crippen molar-refractivity contribution < 1.29 is 9.53 Å². The minimum atomic E-state index is -0.172. The third-order valence-electron chi connectivity index (χ3n) is 2.63. The normalized spacial score (nSPS) is 19.9. The highest BCUT2D eigenvalue weighted by atomic mass is 16.5. The Labute approximate surface area is 83.9 Å². The van der Waals surface area contributed by atoms with E-state index in [4.69, 9.17) is 4.74 Å². The zero-order valence-corrected chi connectivity index (χ0v) is 8.32. The van der Waals surface area contributed by atoms with Gasteiger partial charge in [-0.15, -0.1) is 0 Å². The lowest BCUT2D eigenvalue weighted by atomic mass is 9.90. The summed E-state index contributed by atoms with van der Waals surface area (Å²) in [4.78, 5) is 10.8. The Bertz CT molecular complexity index is 344. The Kier molecular flexibility index (Phi) is 2.53. The highest BCUT2D eigenvalue weighted by Gasteiger charge is 2.19. The molecule has 0 aromatic heterocycles. The van der Waals surface area contributed by atoms with E-state index in [1.54, 1.807) is 0 Å². The van der Waals surface area contributed by atoms with Crippen LogP contribution in [0.1, 0.15) is 24.5 Å². The van der Waals surface area contributed by atoms with E-state index < -0.39 is 0 Å². The van der Waals surface area contributed by atoms with Crippen molar-refractivity contribution in [1.82, 2.24) is 0 Å². The predicted octanol–water partition coefficient (Wildman–Crippen LogP) is 2.11. The molecule has 0 saturated heterocycles. The van der Waals surface area contributed by atoms with Crippen LogP contribution in [-0.2, 0) is 22.4 Å². The summed E-state index contributed by atoms with van der Waals surface area (Å²) in [5.41, 5.74) is 2.72. The molecule has 1 aromatic rings. The van der Waals surface area contributed by atoms with E-state index in [-0.39, 0.29) is 12.1 Å². The van der Waals surface area contributed by atoms with Gasteiger partial charge in [0.05, 0.1) is 0 Å². The Morgan fingerprint density at radius 2 is 2.07 bits per heavy atom. The fraction of sp³-hybridized carbons (Fsp3) is 0.417. The number of benzene rings is 1. The molecule has 2 heteroatoms. The highest BCUT2D eigenvalue weighted by molar-refractivity contribution is 5.66. The maximum absolute atomic E-state index is 10.8. The van der Waals surface area contributed by atoms with Crippen LogP contribution in [-0.4, -0.2) is 12.1 Å². The fourth-order valence-electron chi connectivity index (χ4n) is 2.00. The third kappa shape index (κ3) is 1.95. The van der Waals surface area contributed by atoms with E-state index in [0.717, 1.165) is 19.3 Å². The van der Waals surface area contributed by atoms with Crippen molar-refractivity contribution in [3.8, 4) is 0 Å². The quantitative estimate of drug-likeness (QED) is 0.634. The Hall–Kier alpha value is -1.31. The van der Waals surface area contributed by atoms with Crippen molar-refractivity contribution in [2.24, 2.45) is 0 Å². The zero-order chi connectivity index (χ0) is 9.97. The molecular weight excluding hydrogens is 176 g/mol. The van der Waals surface area contributed by atoms with E-state index in [1.807, 2.05) is 6.07 Å². The number of hydrogen-bond acceptors (Lipinski definition) is 2. The van der Waals surface area contributed by atoms with Crippen LogP contribution in [0.15, 0.2) is 24.3 Å². The van der Waals surface area contributed by atoms with Gasteiger partial charge in [0.2, 0.25) is 0 Å². The first kappa shape index (κ1) is 9.25. The summed E-state index contributed by atoms with van der Waals surface area (Å²) in [6.07, 6.45) is 2.93. The molecule has 0 unspecified atom stereocenters. The van der Waals surface area contributed by atoms with Gasteiger partial charge in [-0.1, -0.05) is 24.3 Å². The van der Waals surface area contributed by atoms with Crippen molar-refractivity contribution in [3.63, 3.8) is 0 Å². The number of carbonyl (C=O) groups is 1. The number of fused-ring (bicyclic) bond motifs is 1. The third-order valence-corrected chi connectivity index (χ3v) is 2.63. The van der Waals surface area contributed by atoms with Crippen molar-refractivity contribution >= 4 is 5.97 Å². The average molecular weight is 190 g/mol. The van der Waals surface area contributed by atoms with Crippen LogP contribution in [0.2, 0.25) is 0 Å². The molecule has 2 nitrogen and oxygen atoms in total. The second-order valence-electron chi connectivity index (χ2n) is 3.74. The summed E-state index contributed by atoms with van der Waals surface area (Å²) in [5.74, 6) is -0.172. The predicted molar refractivity (Wildman–Crippen MR) is 54.0 cm³/mol. The molecule has 2 rings (SSSR count). The topological polar surface area (TPSA) is 26.3 Å². The first-order valence-electron chi connectivity index (χ1n) is 4.99. The molecule has 1 atom stereocenters. The Morgan fingerprint density at radius 1 is 1.36 bits per heavy atom. The minimum absolute atomic E-state index is 0.0856. The van der Waals surface area contributed by atoms with Crippen LogP contribution in [0.3, 0.4) is 0 Å². The summed E-state index contributed by atoms with van der Waals surface area (Å²) in [7, 11) is 0. The van der Waals surface area contributed by atoms with Gasteiger partial charge in [-0.2, -0.15) is 0 Å². The van der Waals surface area contributed by atoms with Crippen molar-refractivity contribution in [1.29, 1.82) is 0 Å². The van der Waals surface area contributed by atoms with Crippen LogP contribution < -0.4 is 0 Å². The number of rotatable bonds is 1. The summed E-state index contributed by atoms with van der Waals surface area (Å²) < 4.78 is 5.21. The molecule has 74 valence electrons. The van der Waals surface area contributed by atoms with Crippen LogP contribution in [0.25, 0.3) is 0 Å². The van der Waals surface area contributed by atoms with Crippen molar-refractivity contribution in [2.75, 3.05) is 0 Å². The average Bonchev–Trinajstić information content (AvgIpc) is 2.17. The van der Waals surface area contributed by atoms with Gasteiger partial charge in [0, 0.05) is 13.3 Å².